The lowest BCUT2D eigenvalue weighted by Crippen LogP contribution is -2.22. The van der Waals surface area contributed by atoms with Gasteiger partial charge in [0.05, 0.1) is 0 Å². The van der Waals surface area contributed by atoms with E-state index in [1.165, 1.54) is 0 Å². The molecule has 1 aliphatic rings. The van der Waals surface area contributed by atoms with E-state index < -0.39 is 5.97 Å². The molecule has 4 nitrogen and oxygen atoms in total. The second kappa shape index (κ2) is 6.83. The van der Waals surface area contributed by atoms with Crippen LogP contribution in [0.4, 0.5) is 0 Å². The zero-order valence-electron chi connectivity index (χ0n) is 12.7. The molecule has 0 radical (unpaired) electrons. The van der Waals surface area contributed by atoms with Gasteiger partial charge in [-0.15, -0.1) is 6.58 Å². The molecule has 0 aliphatic heterocycles. The molecule has 0 fully saturated rings. The summed E-state index contributed by atoms with van der Waals surface area (Å²) in [7, 11) is 0. The number of aliphatic carboxylic acids is 1. The lowest BCUT2D eigenvalue weighted by molar-refractivity contribution is -0.134. The van der Waals surface area contributed by atoms with E-state index in [0.29, 0.717) is 28.7 Å². The predicted octanol–water partition coefficient (Wildman–Crippen LogP) is 3.28. The molecule has 23 heavy (non-hydrogen) atoms. The van der Waals surface area contributed by atoms with Crippen LogP contribution in [0.15, 0.2) is 55.1 Å². The minimum Gasteiger partial charge on any atom is -0.481 e. The van der Waals surface area contributed by atoms with Crippen LogP contribution in [-0.4, -0.2) is 22.6 Å². The fourth-order valence-electron chi connectivity index (χ4n) is 2.54. The summed E-state index contributed by atoms with van der Waals surface area (Å²) in [6.07, 6.45) is 2.33. The Kier molecular flexibility index (Phi) is 4.86. The Morgan fingerprint density at radius 2 is 1.52 bits per heavy atom. The number of benzene rings is 2. The smallest absolute Gasteiger partial charge is 0.300 e. The Morgan fingerprint density at radius 1 is 1.00 bits per heavy atom. The number of carbonyl (C=O) groups excluding carboxylic acids is 2. The number of carboxylic acid groups (broad SMARTS) is 1. The van der Waals surface area contributed by atoms with Gasteiger partial charge in [0.15, 0.2) is 11.6 Å². The Labute approximate surface area is 134 Å². The van der Waals surface area contributed by atoms with Crippen molar-refractivity contribution in [2.24, 2.45) is 0 Å². The average Bonchev–Trinajstić information content (AvgIpc) is 2.52. The Bertz CT molecular complexity index is 799. The van der Waals surface area contributed by atoms with E-state index in [9.17, 15) is 9.59 Å². The van der Waals surface area contributed by atoms with E-state index in [-0.39, 0.29) is 11.6 Å². The van der Waals surface area contributed by atoms with Gasteiger partial charge in [0.1, 0.15) is 0 Å². The normalized spacial score (nSPS) is 11.7. The number of hydrogen-bond acceptors (Lipinski definition) is 3. The first kappa shape index (κ1) is 16.4. The highest BCUT2D eigenvalue weighted by Gasteiger charge is 2.30. The lowest BCUT2D eigenvalue weighted by Gasteiger charge is -2.19. The molecule has 4 heteroatoms. The summed E-state index contributed by atoms with van der Waals surface area (Å²) in [4.78, 5) is 34.0. The third kappa shape index (κ3) is 3.26. The van der Waals surface area contributed by atoms with Crippen LogP contribution >= 0.6 is 0 Å². The number of allylic oxidation sites excluding steroid dienone is 1. The summed E-state index contributed by atoms with van der Waals surface area (Å²) >= 11 is 0. The van der Waals surface area contributed by atoms with Crippen molar-refractivity contribution in [1.29, 1.82) is 0 Å². The van der Waals surface area contributed by atoms with Gasteiger partial charge < -0.3 is 5.11 Å². The van der Waals surface area contributed by atoms with E-state index in [4.69, 9.17) is 9.90 Å². The first-order valence-corrected chi connectivity index (χ1v) is 7.08. The number of ketones is 2. The zero-order chi connectivity index (χ0) is 17.0. The summed E-state index contributed by atoms with van der Waals surface area (Å²) in [5, 5.41) is 7.42. The molecule has 0 spiro atoms. The third-order valence-corrected chi connectivity index (χ3v) is 3.40. The molecule has 1 N–H and O–H groups in total. The Hall–Kier alpha value is -3.01. The number of fused-ring (bicyclic) bond motifs is 2. The van der Waals surface area contributed by atoms with Crippen molar-refractivity contribution in [2.45, 2.75) is 13.3 Å². The second-order valence-electron chi connectivity index (χ2n) is 5.06. The highest BCUT2D eigenvalue weighted by molar-refractivity contribution is 6.28. The molecule has 3 rings (SSSR count). The lowest BCUT2D eigenvalue weighted by atomic mass is 9.81. The van der Waals surface area contributed by atoms with Crippen molar-refractivity contribution in [2.75, 3.05) is 0 Å². The van der Waals surface area contributed by atoms with Crippen LogP contribution < -0.4 is 0 Å². The third-order valence-electron chi connectivity index (χ3n) is 3.40. The SMILES string of the molecule is C=CCc1cccc2c1C(=O)c1ccccc1C2=O.CC(=O)O. The van der Waals surface area contributed by atoms with Gasteiger partial charge in [-0.2, -0.15) is 0 Å². The molecular weight excluding hydrogens is 292 g/mol. The molecule has 0 amide bonds. The summed E-state index contributed by atoms with van der Waals surface area (Å²) in [6.45, 7) is 4.78. The minimum absolute atomic E-state index is 0.0670. The Morgan fingerprint density at radius 3 is 2.09 bits per heavy atom. The standard InChI is InChI=1S/C17H12O2.C2H4O2/c1-2-6-11-7-5-10-14-15(11)17(19)13-9-4-3-8-12(13)16(14)18;1-2(3)4/h2-5,7-10H,1,6H2;1H3,(H,3,4). The van der Waals surface area contributed by atoms with Gasteiger partial charge in [-0.3, -0.25) is 14.4 Å². The quantitative estimate of drug-likeness (QED) is 0.737. The highest BCUT2D eigenvalue weighted by Crippen LogP contribution is 2.29. The van der Waals surface area contributed by atoms with Crippen LogP contribution in [0.5, 0.6) is 0 Å². The number of carbonyl (C=O) groups is 3. The van der Waals surface area contributed by atoms with Gasteiger partial charge in [0.25, 0.3) is 5.97 Å². The van der Waals surface area contributed by atoms with E-state index >= 15 is 0 Å². The molecule has 0 atom stereocenters. The van der Waals surface area contributed by atoms with Crippen molar-refractivity contribution < 1.29 is 19.5 Å². The van der Waals surface area contributed by atoms with Crippen molar-refractivity contribution in [1.82, 2.24) is 0 Å². The molecule has 0 bridgehead atoms. The van der Waals surface area contributed by atoms with Gasteiger partial charge >= 0.3 is 0 Å². The molecule has 116 valence electrons. The monoisotopic (exact) mass is 308 g/mol. The first-order chi connectivity index (χ1) is 11.0. The zero-order valence-corrected chi connectivity index (χ0v) is 12.7. The molecule has 2 aromatic rings. The molecule has 0 heterocycles. The predicted molar refractivity (Wildman–Crippen MR) is 87.0 cm³/mol. The van der Waals surface area contributed by atoms with Gasteiger partial charge in [-0.1, -0.05) is 48.5 Å². The number of carboxylic acids is 1. The molecule has 0 saturated heterocycles. The molecule has 1 aliphatic carbocycles. The molecular formula is C19H16O4. The average molecular weight is 308 g/mol. The van der Waals surface area contributed by atoms with Crippen molar-refractivity contribution >= 4 is 17.5 Å². The van der Waals surface area contributed by atoms with Crippen LogP contribution in [0.25, 0.3) is 0 Å². The first-order valence-electron chi connectivity index (χ1n) is 7.08. The van der Waals surface area contributed by atoms with Crippen LogP contribution in [0.1, 0.15) is 44.3 Å². The largest absolute Gasteiger partial charge is 0.481 e. The minimum atomic E-state index is -0.833. The van der Waals surface area contributed by atoms with Crippen molar-refractivity contribution in [3.63, 3.8) is 0 Å². The highest BCUT2D eigenvalue weighted by atomic mass is 16.4. The van der Waals surface area contributed by atoms with Crippen LogP contribution in [-0.2, 0) is 11.2 Å². The summed E-state index contributed by atoms with van der Waals surface area (Å²) < 4.78 is 0. The molecule has 0 aromatic heterocycles. The fourth-order valence-corrected chi connectivity index (χ4v) is 2.54. The van der Waals surface area contributed by atoms with Crippen molar-refractivity contribution in [3.8, 4) is 0 Å². The van der Waals surface area contributed by atoms with Gasteiger partial charge in [-0.25, -0.2) is 0 Å². The van der Waals surface area contributed by atoms with Gasteiger partial charge in [0, 0.05) is 29.2 Å². The van der Waals surface area contributed by atoms with E-state index in [2.05, 4.69) is 6.58 Å². The van der Waals surface area contributed by atoms with Crippen LogP contribution in [0.3, 0.4) is 0 Å². The summed E-state index contributed by atoms with van der Waals surface area (Å²) in [5.41, 5.74) is 2.89. The summed E-state index contributed by atoms with van der Waals surface area (Å²) in [6, 6.07) is 12.4. The van der Waals surface area contributed by atoms with Crippen LogP contribution in [0.2, 0.25) is 0 Å². The fraction of sp³-hybridized carbons (Fsp3) is 0.105. The number of hydrogen-bond donors (Lipinski definition) is 1. The van der Waals surface area contributed by atoms with Gasteiger partial charge in [0.2, 0.25) is 0 Å². The molecule has 0 saturated carbocycles. The topological polar surface area (TPSA) is 71.4 Å². The van der Waals surface area contributed by atoms with E-state index in [1.807, 2.05) is 12.1 Å². The van der Waals surface area contributed by atoms with Crippen molar-refractivity contribution in [3.05, 3.63) is 82.9 Å². The number of rotatable bonds is 2. The maximum absolute atomic E-state index is 12.6. The van der Waals surface area contributed by atoms with Crippen LogP contribution in [0, 0.1) is 0 Å². The molecule has 0 unspecified atom stereocenters. The molecule has 2 aromatic carbocycles. The van der Waals surface area contributed by atoms with E-state index in [0.717, 1.165) is 12.5 Å². The van der Waals surface area contributed by atoms with E-state index in [1.54, 1.807) is 36.4 Å². The Balaban J connectivity index is 0.000000433. The maximum atomic E-state index is 12.6. The summed E-state index contributed by atoms with van der Waals surface area (Å²) in [5.74, 6) is -0.973. The van der Waals surface area contributed by atoms with Gasteiger partial charge in [-0.05, 0) is 12.0 Å². The maximum Gasteiger partial charge on any atom is 0.300 e. The second-order valence-corrected chi connectivity index (χ2v) is 5.06.